The van der Waals surface area contributed by atoms with Crippen molar-refractivity contribution in [3.05, 3.63) is 48.6 Å². The van der Waals surface area contributed by atoms with E-state index in [1.54, 1.807) is 6.08 Å². The lowest BCUT2D eigenvalue weighted by Gasteiger charge is -2.32. The van der Waals surface area contributed by atoms with Gasteiger partial charge in [-0.05, 0) is 19.4 Å². The minimum Gasteiger partial charge on any atom is -0.480 e. The summed E-state index contributed by atoms with van der Waals surface area (Å²) in [5, 5.41) is 9.15. The van der Waals surface area contributed by atoms with E-state index in [9.17, 15) is 9.59 Å². The summed E-state index contributed by atoms with van der Waals surface area (Å²) < 4.78 is 0. The molecule has 0 saturated carbocycles. The number of hydrogen-bond acceptors (Lipinski definition) is 2. The highest BCUT2D eigenvalue weighted by molar-refractivity contribution is 5.86. The molecule has 0 bridgehead atoms. The van der Waals surface area contributed by atoms with Crippen LogP contribution in [0.25, 0.3) is 0 Å². The number of benzene rings is 1. The van der Waals surface area contributed by atoms with Crippen molar-refractivity contribution in [2.75, 3.05) is 7.05 Å². The highest BCUT2D eigenvalue weighted by Gasteiger charge is 2.35. The fourth-order valence-electron chi connectivity index (χ4n) is 1.82. The molecule has 0 heterocycles. The smallest absolute Gasteiger partial charge is 0.329 e. The fourth-order valence-corrected chi connectivity index (χ4v) is 1.82. The molecule has 1 N–H and O–H groups in total. The first-order valence-electron chi connectivity index (χ1n) is 6.48. The van der Waals surface area contributed by atoms with Crippen LogP contribution in [-0.4, -0.2) is 34.5 Å². The number of aliphatic carboxylic acids is 1. The number of nitrogens with zero attached hydrogens (tertiary/aromatic N) is 1. The fraction of sp³-hybridized carbons (Fsp3) is 0.375. The van der Waals surface area contributed by atoms with Gasteiger partial charge < -0.3 is 10.0 Å². The molecule has 108 valence electrons. The molecule has 1 atom stereocenters. The van der Waals surface area contributed by atoms with Crippen LogP contribution in [-0.2, 0) is 9.59 Å². The van der Waals surface area contributed by atoms with E-state index >= 15 is 0 Å². The van der Waals surface area contributed by atoms with Gasteiger partial charge in [0.1, 0.15) is 5.54 Å². The number of allylic oxidation sites excluding steroid dienone is 1. The Morgan fingerprint density at radius 2 is 1.90 bits per heavy atom. The molecule has 1 aromatic rings. The summed E-state index contributed by atoms with van der Waals surface area (Å²) in [5.74, 6) is -1.36. The molecular formula is C16H21NO3. The maximum Gasteiger partial charge on any atom is 0.329 e. The number of carbonyl (C=O) groups is 2. The average Bonchev–Trinajstić information content (AvgIpc) is 2.44. The van der Waals surface area contributed by atoms with Gasteiger partial charge in [-0.3, -0.25) is 4.79 Å². The van der Waals surface area contributed by atoms with Crippen LogP contribution in [0.1, 0.15) is 31.7 Å². The number of hydrogen-bond donors (Lipinski definition) is 1. The maximum absolute atomic E-state index is 12.3. The standard InChI is InChI=1S/C16H21NO3/c1-5-12(13-9-7-6-8-10-13)11-14(18)17(4)16(2,3)15(19)20/h5-10,12H,1,11H2,2-4H3,(H,19,20). The Labute approximate surface area is 119 Å². The third kappa shape index (κ3) is 3.47. The number of carboxylic acids is 1. The number of carboxylic acid groups (broad SMARTS) is 1. The van der Waals surface area contributed by atoms with Crippen LogP contribution in [0.2, 0.25) is 0 Å². The lowest BCUT2D eigenvalue weighted by molar-refractivity contribution is -0.155. The molecule has 0 aliphatic rings. The largest absolute Gasteiger partial charge is 0.480 e. The maximum atomic E-state index is 12.3. The van der Waals surface area contributed by atoms with Crippen LogP contribution >= 0.6 is 0 Å². The van der Waals surface area contributed by atoms with E-state index in [-0.39, 0.29) is 18.2 Å². The Hall–Kier alpha value is -2.10. The van der Waals surface area contributed by atoms with Gasteiger partial charge in [0.2, 0.25) is 5.91 Å². The zero-order valence-corrected chi connectivity index (χ0v) is 12.2. The van der Waals surface area contributed by atoms with Gasteiger partial charge in [0.05, 0.1) is 0 Å². The summed E-state index contributed by atoms with van der Waals surface area (Å²) >= 11 is 0. The number of likely N-dealkylation sites (N-methyl/N-ethyl adjacent to an activating group) is 1. The van der Waals surface area contributed by atoms with Crippen LogP contribution in [0, 0.1) is 0 Å². The Balaban J connectivity index is 2.84. The lowest BCUT2D eigenvalue weighted by atomic mass is 9.94. The predicted octanol–water partition coefficient (Wildman–Crippen LogP) is 2.67. The van der Waals surface area contributed by atoms with Crippen molar-refractivity contribution in [3.8, 4) is 0 Å². The normalized spacial score (nSPS) is 12.6. The Bertz CT molecular complexity index is 494. The lowest BCUT2D eigenvalue weighted by Crippen LogP contribution is -2.51. The molecule has 20 heavy (non-hydrogen) atoms. The molecule has 4 heteroatoms. The summed E-state index contributed by atoms with van der Waals surface area (Å²) in [7, 11) is 1.52. The molecule has 0 aliphatic heterocycles. The molecule has 0 saturated heterocycles. The van der Waals surface area contributed by atoms with Gasteiger partial charge in [0.15, 0.2) is 0 Å². The van der Waals surface area contributed by atoms with E-state index in [1.807, 2.05) is 30.3 Å². The van der Waals surface area contributed by atoms with Gasteiger partial charge in [0.25, 0.3) is 0 Å². The van der Waals surface area contributed by atoms with Crippen LogP contribution in [0.5, 0.6) is 0 Å². The van der Waals surface area contributed by atoms with E-state index < -0.39 is 11.5 Å². The highest BCUT2D eigenvalue weighted by atomic mass is 16.4. The first-order chi connectivity index (χ1) is 9.30. The minimum absolute atomic E-state index is 0.115. The highest BCUT2D eigenvalue weighted by Crippen LogP contribution is 2.23. The summed E-state index contributed by atoms with van der Waals surface area (Å²) in [4.78, 5) is 24.7. The molecule has 1 unspecified atom stereocenters. The molecule has 1 amide bonds. The Morgan fingerprint density at radius 3 is 2.35 bits per heavy atom. The number of carbonyl (C=O) groups excluding carboxylic acids is 1. The van der Waals surface area contributed by atoms with E-state index in [0.717, 1.165) is 5.56 Å². The van der Waals surface area contributed by atoms with Crippen molar-refractivity contribution < 1.29 is 14.7 Å². The van der Waals surface area contributed by atoms with E-state index in [2.05, 4.69) is 6.58 Å². The van der Waals surface area contributed by atoms with Gasteiger partial charge in [0, 0.05) is 19.4 Å². The van der Waals surface area contributed by atoms with Crippen LogP contribution in [0.4, 0.5) is 0 Å². The molecule has 0 spiro atoms. The van der Waals surface area contributed by atoms with Crippen molar-refractivity contribution in [2.45, 2.75) is 31.7 Å². The van der Waals surface area contributed by atoms with Crippen LogP contribution in [0.3, 0.4) is 0 Å². The number of amides is 1. The van der Waals surface area contributed by atoms with Crippen LogP contribution < -0.4 is 0 Å². The van der Waals surface area contributed by atoms with Gasteiger partial charge in [-0.15, -0.1) is 6.58 Å². The van der Waals surface area contributed by atoms with Crippen molar-refractivity contribution >= 4 is 11.9 Å². The van der Waals surface area contributed by atoms with Crippen molar-refractivity contribution in [1.82, 2.24) is 4.90 Å². The second-order valence-electron chi connectivity index (χ2n) is 5.27. The molecule has 0 radical (unpaired) electrons. The predicted molar refractivity (Wildman–Crippen MR) is 78.5 cm³/mol. The van der Waals surface area contributed by atoms with Crippen LogP contribution in [0.15, 0.2) is 43.0 Å². The summed E-state index contributed by atoms with van der Waals surface area (Å²) in [5.41, 5.74) is -0.225. The van der Waals surface area contributed by atoms with Gasteiger partial charge in [-0.1, -0.05) is 36.4 Å². The quantitative estimate of drug-likeness (QED) is 0.812. The van der Waals surface area contributed by atoms with E-state index in [1.165, 1.54) is 25.8 Å². The Kier molecular flexibility index (Phi) is 5.08. The summed E-state index contributed by atoms with van der Waals surface area (Å²) in [6.07, 6.45) is 1.93. The average molecular weight is 275 g/mol. The SMILES string of the molecule is C=CC(CC(=O)N(C)C(C)(C)C(=O)O)c1ccccc1. The Morgan fingerprint density at radius 1 is 1.35 bits per heavy atom. The van der Waals surface area contributed by atoms with Gasteiger partial charge >= 0.3 is 5.97 Å². The monoisotopic (exact) mass is 275 g/mol. The molecule has 0 fully saturated rings. The third-order valence-electron chi connectivity index (χ3n) is 3.64. The second-order valence-corrected chi connectivity index (χ2v) is 5.27. The van der Waals surface area contributed by atoms with E-state index in [4.69, 9.17) is 5.11 Å². The first-order valence-corrected chi connectivity index (χ1v) is 6.48. The summed E-state index contributed by atoms with van der Waals surface area (Å²) in [6.45, 7) is 6.79. The minimum atomic E-state index is -1.22. The molecule has 0 aromatic heterocycles. The first kappa shape index (κ1) is 16.0. The molecule has 1 rings (SSSR count). The molecular weight excluding hydrogens is 254 g/mol. The number of rotatable bonds is 6. The molecule has 0 aliphatic carbocycles. The van der Waals surface area contributed by atoms with Gasteiger partial charge in [-0.2, -0.15) is 0 Å². The molecule has 1 aromatic carbocycles. The zero-order valence-electron chi connectivity index (χ0n) is 12.2. The molecule has 4 nitrogen and oxygen atoms in total. The van der Waals surface area contributed by atoms with E-state index in [0.29, 0.717) is 0 Å². The van der Waals surface area contributed by atoms with Crippen molar-refractivity contribution in [3.63, 3.8) is 0 Å². The topological polar surface area (TPSA) is 57.6 Å². The summed E-state index contributed by atoms with van der Waals surface area (Å²) in [6, 6.07) is 9.58. The van der Waals surface area contributed by atoms with Crippen molar-refractivity contribution in [1.29, 1.82) is 0 Å². The zero-order chi connectivity index (χ0) is 15.3. The third-order valence-corrected chi connectivity index (χ3v) is 3.64. The van der Waals surface area contributed by atoms with Crippen molar-refractivity contribution in [2.24, 2.45) is 0 Å². The second kappa shape index (κ2) is 6.37. The van der Waals surface area contributed by atoms with Gasteiger partial charge in [-0.25, -0.2) is 4.79 Å².